The van der Waals surface area contributed by atoms with E-state index in [9.17, 15) is 4.79 Å². The molecule has 4 aromatic rings. The molecular weight excluding hydrogens is 442 g/mol. The van der Waals surface area contributed by atoms with Gasteiger partial charge in [-0.3, -0.25) is 4.79 Å². The number of hydrogen-bond acceptors (Lipinski definition) is 3. The molecule has 1 fully saturated rings. The zero-order chi connectivity index (χ0) is 25.4. The van der Waals surface area contributed by atoms with E-state index in [1.807, 2.05) is 17.6 Å². The van der Waals surface area contributed by atoms with Crippen LogP contribution in [-0.4, -0.2) is 29.6 Å². The van der Waals surface area contributed by atoms with Gasteiger partial charge < -0.3 is 14.8 Å². The first-order valence-electron chi connectivity index (χ1n) is 12.7. The largest absolute Gasteiger partial charge is 0.382 e. The molecule has 5 rings (SSSR count). The van der Waals surface area contributed by atoms with Gasteiger partial charge in [-0.25, -0.2) is 0 Å². The molecule has 0 bridgehead atoms. The quantitative estimate of drug-likeness (QED) is 0.332. The molecular formula is C32H35N3O. The average molecular weight is 478 g/mol. The molecule has 0 spiro atoms. The molecule has 3 aromatic carbocycles. The summed E-state index contributed by atoms with van der Waals surface area (Å²) in [4.78, 5) is 15.6. The Labute approximate surface area is 213 Å². The Morgan fingerprint density at radius 3 is 2.39 bits per heavy atom. The molecule has 4 heteroatoms. The van der Waals surface area contributed by atoms with Crippen LogP contribution in [0.15, 0.2) is 78.1 Å². The van der Waals surface area contributed by atoms with Crippen molar-refractivity contribution in [2.45, 2.75) is 45.8 Å². The first kappa shape index (κ1) is 24.1. The molecule has 0 atom stereocenters. The van der Waals surface area contributed by atoms with Crippen LogP contribution >= 0.6 is 0 Å². The summed E-state index contributed by atoms with van der Waals surface area (Å²) in [7, 11) is 4.14. The maximum atomic E-state index is 13.5. The van der Waals surface area contributed by atoms with Gasteiger partial charge in [-0.15, -0.1) is 0 Å². The average Bonchev–Trinajstić information content (AvgIpc) is 3.66. The zero-order valence-electron chi connectivity index (χ0n) is 21.8. The Kier molecular flexibility index (Phi) is 6.55. The predicted octanol–water partition coefficient (Wildman–Crippen LogP) is 6.12. The SMILES string of the molecule is C=C(NC1CC1)c1ccc(C)c(-c2ccc3c(=O)n(Cc4ccc(CN(C)C)cc4)c(C)cc3c2)c1. The Morgan fingerprint density at radius 2 is 1.69 bits per heavy atom. The van der Waals surface area contributed by atoms with E-state index in [1.54, 1.807) is 0 Å². The van der Waals surface area contributed by atoms with Crippen LogP contribution in [0, 0.1) is 13.8 Å². The maximum absolute atomic E-state index is 13.5. The van der Waals surface area contributed by atoms with Gasteiger partial charge in [-0.2, -0.15) is 0 Å². The minimum atomic E-state index is 0.0569. The van der Waals surface area contributed by atoms with Crippen molar-refractivity contribution in [2.75, 3.05) is 14.1 Å². The van der Waals surface area contributed by atoms with Crippen LogP contribution in [0.1, 0.15) is 40.8 Å². The van der Waals surface area contributed by atoms with Gasteiger partial charge in [-0.1, -0.05) is 49.0 Å². The second kappa shape index (κ2) is 9.79. The number of hydrogen-bond donors (Lipinski definition) is 1. The molecule has 0 saturated heterocycles. The molecule has 1 aliphatic carbocycles. The van der Waals surface area contributed by atoms with Gasteiger partial charge in [0.05, 0.1) is 6.54 Å². The Bertz CT molecular complexity index is 1490. The van der Waals surface area contributed by atoms with Crippen molar-refractivity contribution in [3.05, 3.63) is 112 Å². The summed E-state index contributed by atoms with van der Waals surface area (Å²) in [5.74, 6) is 0. The lowest BCUT2D eigenvalue weighted by atomic mass is 9.95. The lowest BCUT2D eigenvalue weighted by Crippen LogP contribution is -2.23. The third kappa shape index (κ3) is 5.14. The van der Waals surface area contributed by atoms with Crippen LogP contribution in [-0.2, 0) is 13.1 Å². The van der Waals surface area contributed by atoms with Crippen LogP contribution in [0.25, 0.3) is 27.6 Å². The van der Waals surface area contributed by atoms with E-state index < -0.39 is 0 Å². The number of aryl methyl sites for hydroxylation is 2. The van der Waals surface area contributed by atoms with Crippen LogP contribution in [0.2, 0.25) is 0 Å². The number of fused-ring (bicyclic) bond motifs is 1. The predicted molar refractivity (Wildman–Crippen MR) is 151 cm³/mol. The highest BCUT2D eigenvalue weighted by Gasteiger charge is 2.21. The fraction of sp³-hybridized carbons (Fsp3) is 0.281. The van der Waals surface area contributed by atoms with Gasteiger partial charge >= 0.3 is 0 Å². The molecule has 0 amide bonds. The van der Waals surface area contributed by atoms with Crippen LogP contribution in [0.3, 0.4) is 0 Å². The molecule has 0 unspecified atom stereocenters. The lowest BCUT2D eigenvalue weighted by molar-refractivity contribution is 0.402. The second-order valence-corrected chi connectivity index (χ2v) is 10.5. The minimum Gasteiger partial charge on any atom is -0.382 e. The summed E-state index contributed by atoms with van der Waals surface area (Å²) in [6.07, 6.45) is 2.45. The van der Waals surface area contributed by atoms with Gasteiger partial charge in [0, 0.05) is 29.4 Å². The van der Waals surface area contributed by atoms with Crippen molar-refractivity contribution in [1.29, 1.82) is 0 Å². The molecule has 1 N–H and O–H groups in total. The smallest absolute Gasteiger partial charge is 0.258 e. The number of nitrogens with zero attached hydrogens (tertiary/aromatic N) is 2. The van der Waals surface area contributed by atoms with Gasteiger partial charge in [0.1, 0.15) is 0 Å². The van der Waals surface area contributed by atoms with Crippen molar-refractivity contribution in [3.8, 4) is 11.1 Å². The zero-order valence-corrected chi connectivity index (χ0v) is 21.8. The van der Waals surface area contributed by atoms with Crippen molar-refractivity contribution in [1.82, 2.24) is 14.8 Å². The Morgan fingerprint density at radius 1 is 0.972 bits per heavy atom. The summed E-state index contributed by atoms with van der Waals surface area (Å²) >= 11 is 0. The van der Waals surface area contributed by atoms with Crippen molar-refractivity contribution in [2.24, 2.45) is 0 Å². The molecule has 1 aromatic heterocycles. The highest BCUT2D eigenvalue weighted by atomic mass is 16.1. The van der Waals surface area contributed by atoms with Crippen molar-refractivity contribution in [3.63, 3.8) is 0 Å². The topological polar surface area (TPSA) is 37.3 Å². The number of benzene rings is 3. The van der Waals surface area contributed by atoms with E-state index in [0.717, 1.165) is 45.4 Å². The van der Waals surface area contributed by atoms with E-state index in [0.29, 0.717) is 12.6 Å². The fourth-order valence-corrected chi connectivity index (χ4v) is 4.83. The van der Waals surface area contributed by atoms with Crippen molar-refractivity contribution < 1.29 is 0 Å². The summed E-state index contributed by atoms with van der Waals surface area (Å²) in [5.41, 5.74) is 9.02. The molecule has 1 heterocycles. The monoisotopic (exact) mass is 477 g/mol. The number of aromatic nitrogens is 1. The standard InChI is InChI=1S/C32H35N3O/c1-21-6-11-26(23(3)33-29-13-14-29)18-31(21)27-12-15-30-28(17-27)16-22(2)35(32(30)36)20-25-9-7-24(8-10-25)19-34(4)5/h6-12,15-18,29,33H,3,13-14,19-20H2,1-2,4-5H3. The summed E-state index contributed by atoms with van der Waals surface area (Å²) in [6, 6.07) is 23.9. The molecule has 0 radical (unpaired) electrons. The molecule has 36 heavy (non-hydrogen) atoms. The van der Waals surface area contributed by atoms with Gasteiger partial charge in [-0.05, 0) is 104 Å². The molecule has 0 aliphatic heterocycles. The normalized spacial score (nSPS) is 13.4. The first-order chi connectivity index (χ1) is 17.3. The Hall–Kier alpha value is -3.63. The van der Waals surface area contributed by atoms with Gasteiger partial charge in [0.25, 0.3) is 5.56 Å². The summed E-state index contributed by atoms with van der Waals surface area (Å²) in [5, 5.41) is 5.24. The number of pyridine rings is 1. The Balaban J connectivity index is 1.45. The van der Waals surface area contributed by atoms with Gasteiger partial charge in [0.15, 0.2) is 0 Å². The third-order valence-electron chi connectivity index (χ3n) is 7.03. The summed E-state index contributed by atoms with van der Waals surface area (Å²) < 4.78 is 1.88. The van der Waals surface area contributed by atoms with Gasteiger partial charge in [0.2, 0.25) is 0 Å². The molecule has 1 aliphatic rings. The van der Waals surface area contributed by atoms with Crippen molar-refractivity contribution >= 4 is 16.5 Å². The highest BCUT2D eigenvalue weighted by Crippen LogP contribution is 2.30. The van der Waals surface area contributed by atoms with E-state index in [2.05, 4.69) is 98.5 Å². The molecule has 1 saturated carbocycles. The highest BCUT2D eigenvalue weighted by molar-refractivity contribution is 5.88. The molecule has 4 nitrogen and oxygen atoms in total. The van der Waals surface area contributed by atoms with E-state index in [4.69, 9.17) is 0 Å². The summed E-state index contributed by atoms with van der Waals surface area (Å²) in [6.45, 7) is 9.88. The van der Waals surface area contributed by atoms with E-state index in [-0.39, 0.29) is 5.56 Å². The first-order valence-corrected chi connectivity index (χ1v) is 12.7. The minimum absolute atomic E-state index is 0.0569. The number of rotatable bonds is 8. The lowest BCUT2D eigenvalue weighted by Gasteiger charge is -2.15. The van der Waals surface area contributed by atoms with Crippen LogP contribution < -0.4 is 10.9 Å². The fourth-order valence-electron chi connectivity index (χ4n) is 4.83. The third-order valence-corrected chi connectivity index (χ3v) is 7.03. The van der Waals surface area contributed by atoms with E-state index in [1.165, 1.54) is 29.5 Å². The van der Waals surface area contributed by atoms with Crippen LogP contribution in [0.4, 0.5) is 0 Å². The number of nitrogens with one attached hydrogen (secondary N) is 1. The van der Waals surface area contributed by atoms with Crippen LogP contribution in [0.5, 0.6) is 0 Å². The molecule has 184 valence electrons. The maximum Gasteiger partial charge on any atom is 0.258 e. The second-order valence-electron chi connectivity index (χ2n) is 10.5. The van der Waals surface area contributed by atoms with E-state index >= 15 is 0 Å².